The van der Waals surface area contributed by atoms with E-state index in [1.807, 2.05) is 54.6 Å². The molecule has 0 amide bonds. The van der Waals surface area contributed by atoms with Crippen LogP contribution < -0.4 is 0 Å². The molecule has 7 rings (SSSR count). The van der Waals surface area contributed by atoms with Gasteiger partial charge in [-0.15, -0.1) is 4.33 Å². The molecule has 5 aromatic carbocycles. The van der Waals surface area contributed by atoms with E-state index in [0.717, 1.165) is 49.1 Å². The Bertz CT molecular complexity index is 2320. The number of halogens is 2. The molecule has 0 aliphatic rings. The van der Waals surface area contributed by atoms with Crippen molar-refractivity contribution >= 4 is 97.6 Å². The molecule has 7 aromatic rings. The van der Waals surface area contributed by atoms with Gasteiger partial charge in [-0.3, -0.25) is 4.55 Å². The third kappa shape index (κ3) is 4.60. The minimum absolute atomic E-state index is 0.232. The Morgan fingerprint density at radius 1 is 0.714 bits per heavy atom. The lowest BCUT2D eigenvalue weighted by Gasteiger charge is -2.15. The summed E-state index contributed by atoms with van der Waals surface area (Å²) in [7, 11) is -4.47. The van der Waals surface area contributed by atoms with Crippen molar-refractivity contribution in [1.29, 1.82) is 0 Å². The number of rotatable bonds is 6. The molecule has 0 aliphatic heterocycles. The van der Waals surface area contributed by atoms with E-state index >= 15 is 0 Å². The lowest BCUT2D eigenvalue weighted by molar-refractivity contribution is -0.432. The molecule has 2 heterocycles. The average molecular weight is 726 g/mol. The molecular weight excluding hydrogens is 712 g/mol. The first kappa shape index (κ1) is 27.5. The van der Waals surface area contributed by atoms with Crippen LogP contribution in [-0.2, 0) is 19.5 Å². The molecule has 2 aromatic heterocycles. The van der Waals surface area contributed by atoms with E-state index < -0.39 is 10.1 Å². The molecule has 0 aliphatic carbocycles. The van der Waals surface area contributed by atoms with Crippen LogP contribution in [0.2, 0.25) is 0 Å². The minimum atomic E-state index is -4.47. The Morgan fingerprint density at radius 3 is 1.81 bits per heavy atom. The van der Waals surface area contributed by atoms with Gasteiger partial charge in [-0.2, -0.15) is 8.42 Å². The second-order valence-electron chi connectivity index (χ2n) is 9.18. The van der Waals surface area contributed by atoms with Gasteiger partial charge >= 0.3 is 0 Å². The highest BCUT2D eigenvalue weighted by Crippen LogP contribution is 2.40. The summed E-state index contributed by atoms with van der Waals surface area (Å²) in [5.74, 6) is 0.790. The molecule has 0 fully saturated rings. The van der Waals surface area contributed by atoms with E-state index in [9.17, 15) is 13.0 Å². The van der Waals surface area contributed by atoms with E-state index in [4.69, 9.17) is 25.2 Å². The number of hydrogen-bond donors (Lipinski definition) is 2. The highest BCUT2D eigenvalue weighted by Gasteiger charge is 2.21. The van der Waals surface area contributed by atoms with Gasteiger partial charge in [0.1, 0.15) is 4.90 Å². The maximum atomic E-state index is 11.9. The van der Waals surface area contributed by atoms with Crippen molar-refractivity contribution in [2.75, 3.05) is 0 Å². The van der Waals surface area contributed by atoms with E-state index in [1.54, 1.807) is 6.07 Å². The van der Waals surface area contributed by atoms with Crippen molar-refractivity contribution in [2.24, 2.45) is 0 Å². The predicted molar refractivity (Wildman–Crippen MR) is 166 cm³/mol. The molecule has 0 unspecified atom stereocenters. The number of hydrogen-bond acceptors (Lipinski definition) is 10. The summed E-state index contributed by atoms with van der Waals surface area (Å²) in [5, 5.41) is 15.6. The standard InChI is InChI=1S/C28H14Br2N4O6S2/c29-17-9-7-13(11-21(17)41-40-39-35)27-31-19-5-1-4-16-23(19)25(33-27)15-3-2-6-20-24(15)26(16)34-28(32-20)14-8-10-18(30)22(12-14)42(36,37)38/h1-12,35H,(H,36,37,38). The lowest BCUT2D eigenvalue weighted by atomic mass is 9.97. The van der Waals surface area contributed by atoms with Gasteiger partial charge in [-0.25, -0.2) is 25.2 Å². The van der Waals surface area contributed by atoms with Crippen LogP contribution in [0.1, 0.15) is 0 Å². The van der Waals surface area contributed by atoms with Gasteiger partial charge in [-0.1, -0.05) is 29.3 Å². The Labute approximate surface area is 258 Å². The molecule has 0 radical (unpaired) electrons. The van der Waals surface area contributed by atoms with E-state index in [2.05, 4.69) is 41.2 Å². The maximum Gasteiger partial charge on any atom is 0.295 e. The zero-order valence-electron chi connectivity index (χ0n) is 20.8. The predicted octanol–water partition coefficient (Wildman–Crippen LogP) is 7.85. The van der Waals surface area contributed by atoms with Crippen molar-refractivity contribution in [1.82, 2.24) is 19.9 Å². The third-order valence-electron chi connectivity index (χ3n) is 6.77. The zero-order chi connectivity index (χ0) is 29.2. The molecule has 0 saturated carbocycles. The second-order valence-corrected chi connectivity index (χ2v) is 13.0. The van der Waals surface area contributed by atoms with Gasteiger partial charge in [0.2, 0.25) is 0 Å². The highest BCUT2D eigenvalue weighted by molar-refractivity contribution is 9.10. The Kier molecular flexibility index (Phi) is 6.83. The number of fused-ring (bicyclic) bond motifs is 2. The van der Waals surface area contributed by atoms with Gasteiger partial charge in [-0.05, 0) is 80.4 Å². The van der Waals surface area contributed by atoms with Crippen LogP contribution >= 0.6 is 43.9 Å². The van der Waals surface area contributed by atoms with Crippen LogP contribution in [-0.4, -0.2) is 38.2 Å². The summed E-state index contributed by atoms with van der Waals surface area (Å²) in [6.07, 6.45) is 0. The molecule has 0 atom stereocenters. The van der Waals surface area contributed by atoms with Gasteiger partial charge in [0.05, 0.1) is 39.0 Å². The Hall–Kier alpha value is -3.34. The van der Waals surface area contributed by atoms with Crippen LogP contribution in [0.25, 0.3) is 66.4 Å². The summed E-state index contributed by atoms with van der Waals surface area (Å²) in [4.78, 5) is 19.9. The molecule has 0 spiro atoms. The summed E-state index contributed by atoms with van der Waals surface area (Å²) in [5.41, 5.74) is 3.90. The first-order chi connectivity index (χ1) is 20.2. The lowest BCUT2D eigenvalue weighted by Crippen LogP contribution is -2.01. The molecule has 2 N–H and O–H groups in total. The quantitative estimate of drug-likeness (QED) is 0.0432. The maximum absolute atomic E-state index is 11.9. The molecule has 0 saturated heterocycles. The van der Waals surface area contributed by atoms with Crippen LogP contribution in [0.3, 0.4) is 0 Å². The number of benzene rings is 5. The molecular formula is C28H14Br2N4O6S2. The first-order valence-corrected chi connectivity index (χ1v) is 15.8. The zero-order valence-corrected chi connectivity index (χ0v) is 25.6. The average Bonchev–Trinajstić information content (AvgIpc) is 2.98. The van der Waals surface area contributed by atoms with Gasteiger partial charge in [0.15, 0.2) is 11.6 Å². The summed E-state index contributed by atoms with van der Waals surface area (Å²) in [6, 6.07) is 21.5. The van der Waals surface area contributed by atoms with Crippen LogP contribution in [0.15, 0.2) is 91.5 Å². The molecule has 42 heavy (non-hydrogen) atoms. The molecule has 208 valence electrons. The number of aromatic nitrogens is 4. The van der Waals surface area contributed by atoms with E-state index in [-0.39, 0.29) is 9.37 Å². The first-order valence-electron chi connectivity index (χ1n) is 12.1. The summed E-state index contributed by atoms with van der Waals surface area (Å²) < 4.78 is 39.2. The SMILES string of the molecule is O=S(=O)(O)c1cc(-c2nc3cccc4c5nc(-c6ccc(Br)c(SOOO)c6)nc6cccc(c(n2)c34)c65)ccc1Br. The largest absolute Gasteiger partial charge is 0.295 e. The fourth-order valence-corrected chi connectivity index (χ4v) is 7.33. The summed E-state index contributed by atoms with van der Waals surface area (Å²) in [6.45, 7) is 0. The van der Waals surface area contributed by atoms with Gasteiger partial charge in [0, 0.05) is 41.6 Å². The monoisotopic (exact) mass is 724 g/mol. The second kappa shape index (κ2) is 10.4. The van der Waals surface area contributed by atoms with Crippen molar-refractivity contribution in [3.63, 3.8) is 0 Å². The van der Waals surface area contributed by atoms with Crippen LogP contribution in [0, 0.1) is 0 Å². The van der Waals surface area contributed by atoms with Crippen molar-refractivity contribution in [2.45, 2.75) is 9.79 Å². The smallest absolute Gasteiger partial charge is 0.282 e. The Balaban J connectivity index is 1.50. The van der Waals surface area contributed by atoms with Crippen LogP contribution in [0.4, 0.5) is 0 Å². The van der Waals surface area contributed by atoms with E-state index in [1.165, 1.54) is 12.1 Å². The minimum Gasteiger partial charge on any atom is -0.282 e. The van der Waals surface area contributed by atoms with Gasteiger partial charge < -0.3 is 0 Å². The number of nitrogens with zero attached hydrogens (tertiary/aromatic N) is 4. The van der Waals surface area contributed by atoms with E-state index in [0.29, 0.717) is 38.7 Å². The molecule has 0 bridgehead atoms. The van der Waals surface area contributed by atoms with Crippen molar-refractivity contribution < 1.29 is 27.6 Å². The fourth-order valence-electron chi connectivity index (χ4n) is 5.01. The highest BCUT2D eigenvalue weighted by atomic mass is 79.9. The van der Waals surface area contributed by atoms with Crippen molar-refractivity contribution in [3.05, 3.63) is 81.7 Å². The summed E-state index contributed by atoms with van der Waals surface area (Å²) >= 11 is 7.48. The van der Waals surface area contributed by atoms with Crippen molar-refractivity contribution in [3.8, 4) is 22.8 Å². The molecule has 10 nitrogen and oxygen atoms in total. The molecule has 14 heteroatoms. The van der Waals surface area contributed by atoms with Crippen LogP contribution in [0.5, 0.6) is 0 Å². The normalized spacial score (nSPS) is 12.3. The Morgan fingerprint density at radius 2 is 1.26 bits per heavy atom. The third-order valence-corrected chi connectivity index (χ3v) is 10.2. The van der Waals surface area contributed by atoms with Gasteiger partial charge in [0.25, 0.3) is 10.1 Å². The topological polar surface area (TPSA) is 145 Å². The fraction of sp³-hybridized carbons (Fsp3) is 0.